The Bertz CT molecular complexity index is 55.7. The average molecular weight is 215 g/mol. The normalized spacial score (nSPS) is 10.5. The first-order chi connectivity index (χ1) is 3.06. The van der Waals surface area contributed by atoms with Gasteiger partial charge in [0.25, 0.3) is 0 Å². The summed E-state index contributed by atoms with van der Waals surface area (Å²) >= 11 is 4.27. The van der Waals surface area contributed by atoms with Crippen LogP contribution in [0.25, 0.3) is 0 Å². The van der Waals surface area contributed by atoms with Gasteiger partial charge >= 0.3 is 6.18 Å². The van der Waals surface area contributed by atoms with E-state index in [0.717, 1.165) is 0 Å². The smallest absolute Gasteiger partial charge is 0.270 e. The van der Waals surface area contributed by atoms with E-state index < -0.39 is 12.8 Å². The number of alkyl halides is 3. The zero-order valence-electron chi connectivity index (χ0n) is 3.54. The molecule has 0 unspecified atom stereocenters. The van der Waals surface area contributed by atoms with E-state index in [1.807, 2.05) is 0 Å². The maximum Gasteiger partial charge on any atom is 0.413 e. The van der Waals surface area contributed by atoms with E-state index in [2.05, 4.69) is 16.2 Å². The minimum Gasteiger partial charge on any atom is -0.270 e. The molecule has 1 nitrogen and oxygen atoms in total. The van der Waals surface area contributed by atoms with Crippen LogP contribution in [0.1, 0.15) is 0 Å². The first-order valence-corrected chi connectivity index (χ1v) is 1.67. The minimum atomic E-state index is -4.30. The third-order valence-electron chi connectivity index (χ3n) is 0.218. The Balaban J connectivity index is 0. The van der Waals surface area contributed by atoms with Crippen molar-refractivity contribution in [3.8, 4) is 0 Å². The van der Waals surface area contributed by atoms with Gasteiger partial charge < -0.3 is 0 Å². The van der Waals surface area contributed by atoms with Crippen LogP contribution in [0.5, 0.6) is 0 Å². The topological polar surface area (TPSA) is 9.23 Å². The Morgan fingerprint density at radius 2 is 1.75 bits per heavy atom. The third-order valence-corrected chi connectivity index (χ3v) is 0.327. The summed E-state index contributed by atoms with van der Waals surface area (Å²) in [5.41, 5.74) is 0. The van der Waals surface area contributed by atoms with Crippen LogP contribution in [-0.2, 0) is 4.29 Å². The predicted molar refractivity (Wildman–Crippen MR) is 28.2 cm³/mol. The van der Waals surface area contributed by atoms with E-state index in [4.69, 9.17) is 0 Å². The Morgan fingerprint density at radius 3 is 1.75 bits per heavy atom. The maximum absolute atomic E-state index is 10.8. The van der Waals surface area contributed by atoms with E-state index >= 15 is 0 Å². The minimum absolute atomic E-state index is 0. The van der Waals surface area contributed by atoms with Crippen molar-refractivity contribution in [3.63, 3.8) is 0 Å². The number of hydrogen-bond acceptors (Lipinski definition) is 1. The van der Waals surface area contributed by atoms with E-state index in [-0.39, 0.29) is 17.0 Å². The van der Waals surface area contributed by atoms with Gasteiger partial charge in [-0.05, 0) is 0 Å². The lowest BCUT2D eigenvalue weighted by atomic mass is 10.7. The fourth-order valence-corrected chi connectivity index (χ4v) is 0.186. The molecule has 6 heteroatoms. The van der Waals surface area contributed by atoms with Crippen LogP contribution in [-0.4, -0.2) is 12.8 Å². The number of hydrogen-bond donors (Lipinski definition) is 0. The van der Waals surface area contributed by atoms with Gasteiger partial charge in [0.1, 0.15) is 0 Å². The summed E-state index contributed by atoms with van der Waals surface area (Å²) in [6.45, 7) is -1.39. The lowest BCUT2D eigenvalue weighted by Gasteiger charge is -1.98. The molecule has 0 aromatic carbocycles. The largest absolute Gasteiger partial charge is 0.413 e. The molecule has 0 amide bonds. The van der Waals surface area contributed by atoms with Gasteiger partial charge in [-0.15, -0.1) is 17.0 Å². The molecule has 0 aliphatic rings. The molecule has 0 fully saturated rings. The molecular weight excluding hydrogens is 212 g/mol. The fraction of sp³-hybridized carbons (Fsp3) is 1.00. The van der Waals surface area contributed by atoms with Crippen molar-refractivity contribution >= 4 is 28.8 Å². The van der Waals surface area contributed by atoms with Gasteiger partial charge in [-0.3, -0.25) is 4.29 Å². The molecule has 0 aliphatic heterocycles. The zero-order valence-corrected chi connectivity index (χ0v) is 6.00. The van der Waals surface area contributed by atoms with Crippen molar-refractivity contribution < 1.29 is 17.5 Å². The molecule has 0 atom stereocenters. The van der Waals surface area contributed by atoms with Crippen LogP contribution in [0.3, 0.4) is 0 Å². The molecule has 0 radical (unpaired) electrons. The molecule has 0 N–H and O–H groups in total. The summed E-state index contributed by atoms with van der Waals surface area (Å²) in [6, 6.07) is 0. The molecule has 0 aliphatic carbocycles. The molecule has 0 saturated carbocycles. The molecule has 0 rings (SSSR count). The van der Waals surface area contributed by atoms with Gasteiger partial charge in [-0.2, -0.15) is 13.2 Å². The second-order valence-corrected chi connectivity index (χ2v) is 1.09. The number of rotatable bonds is 1. The highest BCUT2D eigenvalue weighted by Gasteiger charge is 2.27. The van der Waals surface area contributed by atoms with Gasteiger partial charge in [-0.25, -0.2) is 0 Å². The predicted octanol–water partition coefficient (Wildman–Crippen LogP) is 2.30. The van der Waals surface area contributed by atoms with Crippen LogP contribution < -0.4 is 0 Å². The quantitative estimate of drug-likeness (QED) is 0.652. The van der Waals surface area contributed by atoms with Gasteiger partial charge in [0.2, 0.25) is 0 Å². The van der Waals surface area contributed by atoms with Crippen molar-refractivity contribution in [2.75, 3.05) is 6.61 Å². The SMILES string of the molecule is Br.FC(F)(F)COCl. The molecule has 0 saturated heterocycles. The molecule has 0 aromatic rings. The van der Waals surface area contributed by atoms with E-state index in [9.17, 15) is 13.2 Å². The lowest BCUT2D eigenvalue weighted by molar-refractivity contribution is -0.152. The van der Waals surface area contributed by atoms with Gasteiger partial charge in [0.15, 0.2) is 6.61 Å². The van der Waals surface area contributed by atoms with Gasteiger partial charge in [-0.1, -0.05) is 0 Å². The van der Waals surface area contributed by atoms with E-state index in [1.165, 1.54) is 0 Å². The molecule has 0 aromatic heterocycles. The first-order valence-electron chi connectivity index (χ1n) is 1.36. The van der Waals surface area contributed by atoms with Crippen molar-refractivity contribution in [2.24, 2.45) is 0 Å². The molecule has 0 heterocycles. The van der Waals surface area contributed by atoms with E-state index in [0.29, 0.717) is 0 Å². The molecule has 0 spiro atoms. The van der Waals surface area contributed by atoms with Crippen molar-refractivity contribution in [1.82, 2.24) is 0 Å². The van der Waals surface area contributed by atoms with E-state index in [1.54, 1.807) is 0 Å². The highest BCUT2D eigenvalue weighted by atomic mass is 79.9. The summed E-state index contributed by atoms with van der Waals surface area (Å²) < 4.78 is 35.8. The highest BCUT2D eigenvalue weighted by molar-refractivity contribution is 8.93. The summed E-state index contributed by atoms with van der Waals surface area (Å²) in [6.07, 6.45) is -4.30. The average Bonchev–Trinajstić information content (AvgIpc) is 1.30. The Morgan fingerprint density at radius 1 is 1.38 bits per heavy atom. The Labute approximate surface area is 59.7 Å². The summed E-state index contributed by atoms with van der Waals surface area (Å²) in [5, 5.41) is 0. The standard InChI is InChI=1S/C2H2ClF3O.BrH/c3-7-1-2(4,5)6;/h1H2;1H. The third kappa shape index (κ3) is 9.72. The maximum atomic E-state index is 10.8. The zero-order chi connectivity index (χ0) is 5.91. The second kappa shape index (κ2) is 4.40. The van der Waals surface area contributed by atoms with Crippen LogP contribution >= 0.6 is 28.8 Å². The monoisotopic (exact) mass is 214 g/mol. The van der Waals surface area contributed by atoms with Gasteiger partial charge in [0.05, 0.1) is 11.9 Å². The first kappa shape index (κ1) is 11.3. The molecular formula is C2H3BrClF3O. The van der Waals surface area contributed by atoms with Crippen molar-refractivity contribution in [1.29, 1.82) is 0 Å². The fourth-order valence-electron chi connectivity index (χ4n) is 0.0619. The lowest BCUT2D eigenvalue weighted by Crippen LogP contribution is -2.13. The number of halogens is 5. The van der Waals surface area contributed by atoms with Crippen LogP contribution in [0.4, 0.5) is 13.2 Å². The second-order valence-electron chi connectivity index (χ2n) is 0.869. The van der Waals surface area contributed by atoms with Crippen LogP contribution in [0.15, 0.2) is 0 Å². The summed E-state index contributed by atoms with van der Waals surface area (Å²) in [5.74, 6) is 0. The molecule has 0 bridgehead atoms. The van der Waals surface area contributed by atoms with Crippen LogP contribution in [0.2, 0.25) is 0 Å². The molecule has 52 valence electrons. The van der Waals surface area contributed by atoms with Crippen molar-refractivity contribution in [3.05, 3.63) is 0 Å². The summed E-state index contributed by atoms with van der Waals surface area (Å²) in [4.78, 5) is 0. The summed E-state index contributed by atoms with van der Waals surface area (Å²) in [7, 11) is 0. The van der Waals surface area contributed by atoms with Gasteiger partial charge in [0, 0.05) is 0 Å². The van der Waals surface area contributed by atoms with Crippen molar-refractivity contribution in [2.45, 2.75) is 6.18 Å². The highest BCUT2D eigenvalue weighted by Crippen LogP contribution is 2.14. The Hall–Kier alpha value is 0.520. The van der Waals surface area contributed by atoms with Crippen LogP contribution in [0, 0.1) is 0 Å². The Kier molecular flexibility index (Phi) is 6.24. The molecule has 8 heavy (non-hydrogen) atoms.